The number of nitrogens with two attached hydrogens (primary N) is 1. The molecule has 2 aromatic carbocycles. The quantitative estimate of drug-likeness (QED) is 0.373. The molecule has 0 aromatic heterocycles. The summed E-state index contributed by atoms with van der Waals surface area (Å²) in [7, 11) is 0. The van der Waals surface area contributed by atoms with Crippen molar-refractivity contribution in [2.24, 2.45) is 5.73 Å². The van der Waals surface area contributed by atoms with E-state index in [4.69, 9.17) is 17.3 Å². The third kappa shape index (κ3) is 4.31. The molecule has 0 bridgehead atoms. The molecular weight excluding hydrogens is 354 g/mol. The fourth-order valence-electron chi connectivity index (χ4n) is 1.84. The van der Waals surface area contributed by atoms with Gasteiger partial charge < -0.3 is 11.1 Å². The highest BCUT2D eigenvalue weighted by Crippen LogP contribution is 2.29. The third-order valence-electron chi connectivity index (χ3n) is 2.90. The maximum Gasteiger partial charge on any atom is 0.271 e. The highest BCUT2D eigenvalue weighted by Gasteiger charge is 2.17. The molecular formula is C14H12ClN5O3S. The van der Waals surface area contributed by atoms with Gasteiger partial charge in [-0.05, 0) is 30.4 Å². The molecule has 0 heterocycles. The number of nitrogens with zero attached hydrogens (tertiary/aromatic N) is 1. The first-order chi connectivity index (χ1) is 11.4. The number of rotatable bonds is 4. The summed E-state index contributed by atoms with van der Waals surface area (Å²) in [6.45, 7) is 0. The van der Waals surface area contributed by atoms with E-state index >= 15 is 0 Å². The van der Waals surface area contributed by atoms with Crippen molar-refractivity contribution in [2.45, 2.75) is 0 Å². The van der Waals surface area contributed by atoms with Gasteiger partial charge in [0.05, 0.1) is 26.9 Å². The molecule has 0 saturated heterocycles. The van der Waals surface area contributed by atoms with Crippen molar-refractivity contribution in [3.05, 3.63) is 63.2 Å². The van der Waals surface area contributed by atoms with Crippen LogP contribution in [0.1, 0.15) is 10.4 Å². The smallest absolute Gasteiger partial charge is 0.271 e. The van der Waals surface area contributed by atoms with Crippen LogP contribution in [0.3, 0.4) is 0 Å². The summed E-state index contributed by atoms with van der Waals surface area (Å²) in [6, 6.07) is 10.6. The second-order valence-corrected chi connectivity index (χ2v) is 5.38. The Morgan fingerprint density at radius 1 is 1.17 bits per heavy atom. The van der Waals surface area contributed by atoms with Crippen molar-refractivity contribution >= 4 is 51.9 Å². The number of hydrogen-bond acceptors (Lipinski definition) is 5. The number of non-ortho nitro benzene ring substituents is 1. The summed E-state index contributed by atoms with van der Waals surface area (Å²) >= 11 is 10.7. The van der Waals surface area contributed by atoms with Gasteiger partial charge in [-0.1, -0.05) is 23.7 Å². The third-order valence-corrected chi connectivity index (χ3v) is 3.33. The number of hydrogen-bond donors (Lipinski definition) is 4. The van der Waals surface area contributed by atoms with Crippen LogP contribution in [-0.2, 0) is 0 Å². The Morgan fingerprint density at radius 3 is 2.50 bits per heavy atom. The van der Waals surface area contributed by atoms with E-state index in [-0.39, 0.29) is 22.1 Å². The number of benzene rings is 2. The van der Waals surface area contributed by atoms with E-state index in [0.29, 0.717) is 10.7 Å². The standard InChI is InChI=1S/C14H12ClN5O3S/c15-10-3-1-2-4-11(10)17-12-7-8(20(22)23)5-6-9(12)13(21)18-19-14(16)24/h1-7,17H,(H,18,21)(H3,16,19,24). The predicted molar refractivity (Wildman–Crippen MR) is 95.2 cm³/mol. The van der Waals surface area contributed by atoms with Crippen molar-refractivity contribution in [1.82, 2.24) is 10.9 Å². The van der Waals surface area contributed by atoms with E-state index in [0.717, 1.165) is 0 Å². The van der Waals surface area contributed by atoms with Gasteiger partial charge in [-0.25, -0.2) is 0 Å². The maximum atomic E-state index is 12.2. The molecule has 0 fully saturated rings. The van der Waals surface area contributed by atoms with Crippen LogP contribution in [0.25, 0.3) is 0 Å². The minimum atomic E-state index is -0.577. The molecule has 0 aliphatic carbocycles. The van der Waals surface area contributed by atoms with Gasteiger partial charge in [0.15, 0.2) is 5.11 Å². The van der Waals surface area contributed by atoms with Gasteiger partial charge in [0.1, 0.15) is 0 Å². The first kappa shape index (κ1) is 17.4. The van der Waals surface area contributed by atoms with Crippen LogP contribution < -0.4 is 21.9 Å². The fraction of sp³-hybridized carbons (Fsp3) is 0. The predicted octanol–water partition coefficient (Wildman–Crippen LogP) is 2.47. The monoisotopic (exact) mass is 365 g/mol. The number of para-hydroxylation sites is 1. The summed E-state index contributed by atoms with van der Waals surface area (Å²) in [5.41, 5.74) is 10.5. The number of nitro benzene ring substituents is 1. The van der Waals surface area contributed by atoms with E-state index < -0.39 is 10.8 Å². The SMILES string of the molecule is NC(=S)NNC(=O)c1ccc([N+](=O)[O-])cc1Nc1ccccc1Cl. The summed E-state index contributed by atoms with van der Waals surface area (Å²) in [5, 5.41) is 14.2. The van der Waals surface area contributed by atoms with Crippen LogP contribution in [0.2, 0.25) is 5.02 Å². The van der Waals surface area contributed by atoms with Crippen LogP contribution in [0.4, 0.5) is 17.1 Å². The normalized spacial score (nSPS) is 9.88. The Hall–Kier alpha value is -2.91. The molecule has 10 heteroatoms. The molecule has 5 N–H and O–H groups in total. The molecule has 0 unspecified atom stereocenters. The Morgan fingerprint density at radius 2 is 1.88 bits per heavy atom. The molecule has 0 spiro atoms. The van der Waals surface area contributed by atoms with Gasteiger partial charge in [-0.3, -0.25) is 25.8 Å². The van der Waals surface area contributed by atoms with E-state index in [2.05, 4.69) is 28.4 Å². The maximum absolute atomic E-state index is 12.2. The summed E-state index contributed by atoms with van der Waals surface area (Å²) in [5.74, 6) is -0.577. The average Bonchev–Trinajstić information content (AvgIpc) is 2.54. The van der Waals surface area contributed by atoms with Crippen LogP contribution in [-0.4, -0.2) is 15.9 Å². The number of nitro groups is 1. The largest absolute Gasteiger partial charge is 0.375 e. The molecule has 0 radical (unpaired) electrons. The zero-order valence-electron chi connectivity index (χ0n) is 12.1. The highest BCUT2D eigenvalue weighted by atomic mass is 35.5. The lowest BCUT2D eigenvalue weighted by Crippen LogP contribution is -2.44. The summed E-state index contributed by atoms with van der Waals surface area (Å²) < 4.78 is 0. The Labute approximate surface area is 147 Å². The molecule has 0 aliphatic rings. The first-order valence-electron chi connectivity index (χ1n) is 6.54. The number of halogens is 1. The number of thiocarbonyl (C=S) groups is 1. The van der Waals surface area contributed by atoms with Crippen molar-refractivity contribution in [3.63, 3.8) is 0 Å². The second kappa shape index (κ2) is 7.57. The molecule has 2 aromatic rings. The number of carbonyl (C=O) groups excluding carboxylic acids is 1. The van der Waals surface area contributed by atoms with Crippen molar-refractivity contribution < 1.29 is 9.72 Å². The van der Waals surface area contributed by atoms with Gasteiger partial charge >= 0.3 is 0 Å². The lowest BCUT2D eigenvalue weighted by molar-refractivity contribution is -0.384. The molecule has 8 nitrogen and oxygen atoms in total. The molecule has 1 amide bonds. The second-order valence-electron chi connectivity index (χ2n) is 4.54. The van der Waals surface area contributed by atoms with E-state index in [9.17, 15) is 14.9 Å². The molecule has 24 heavy (non-hydrogen) atoms. The number of anilines is 2. The topological polar surface area (TPSA) is 122 Å². The molecule has 124 valence electrons. The Bertz CT molecular complexity index is 815. The van der Waals surface area contributed by atoms with Gasteiger partial charge in [-0.2, -0.15) is 0 Å². The summed E-state index contributed by atoms with van der Waals surface area (Å²) in [6.07, 6.45) is 0. The molecule has 0 atom stereocenters. The van der Waals surface area contributed by atoms with Gasteiger partial charge in [0.2, 0.25) is 0 Å². The Balaban J connectivity index is 2.39. The minimum absolute atomic E-state index is 0.120. The lowest BCUT2D eigenvalue weighted by Gasteiger charge is -2.13. The van der Waals surface area contributed by atoms with Gasteiger partial charge in [0.25, 0.3) is 11.6 Å². The fourth-order valence-corrected chi connectivity index (χ4v) is 2.07. The van der Waals surface area contributed by atoms with Gasteiger partial charge in [0, 0.05) is 12.1 Å². The lowest BCUT2D eigenvalue weighted by atomic mass is 10.1. The summed E-state index contributed by atoms with van der Waals surface area (Å²) in [4.78, 5) is 22.6. The van der Waals surface area contributed by atoms with E-state index in [1.807, 2.05) is 0 Å². The number of amides is 1. The Kier molecular flexibility index (Phi) is 5.51. The highest BCUT2D eigenvalue weighted by molar-refractivity contribution is 7.80. The van der Waals surface area contributed by atoms with Crippen LogP contribution in [0.15, 0.2) is 42.5 Å². The van der Waals surface area contributed by atoms with E-state index in [1.54, 1.807) is 24.3 Å². The van der Waals surface area contributed by atoms with Crippen molar-refractivity contribution in [3.8, 4) is 0 Å². The molecule has 2 rings (SSSR count). The van der Waals surface area contributed by atoms with E-state index in [1.165, 1.54) is 18.2 Å². The van der Waals surface area contributed by atoms with Crippen LogP contribution in [0.5, 0.6) is 0 Å². The minimum Gasteiger partial charge on any atom is -0.375 e. The molecule has 0 saturated carbocycles. The van der Waals surface area contributed by atoms with Crippen LogP contribution in [0, 0.1) is 10.1 Å². The average molecular weight is 366 g/mol. The number of nitrogens with one attached hydrogen (secondary N) is 3. The van der Waals surface area contributed by atoms with Crippen LogP contribution >= 0.6 is 23.8 Å². The zero-order chi connectivity index (χ0) is 17.7. The first-order valence-corrected chi connectivity index (χ1v) is 7.33. The number of hydrazine groups is 1. The number of carbonyl (C=O) groups is 1. The molecule has 0 aliphatic heterocycles. The zero-order valence-corrected chi connectivity index (χ0v) is 13.6. The van der Waals surface area contributed by atoms with Crippen molar-refractivity contribution in [2.75, 3.05) is 5.32 Å². The van der Waals surface area contributed by atoms with Gasteiger partial charge in [-0.15, -0.1) is 0 Å². The van der Waals surface area contributed by atoms with Crippen molar-refractivity contribution in [1.29, 1.82) is 0 Å².